The first kappa shape index (κ1) is 15.6. The number of halogens is 1. The highest BCUT2D eigenvalue weighted by Gasteiger charge is 2.13. The number of hydrazone groups is 1. The van der Waals surface area contributed by atoms with Gasteiger partial charge in [0.2, 0.25) is 0 Å². The van der Waals surface area contributed by atoms with Gasteiger partial charge in [0.25, 0.3) is 0 Å². The van der Waals surface area contributed by atoms with Crippen molar-refractivity contribution >= 4 is 17.8 Å². The molecule has 0 aliphatic carbocycles. The topological polar surface area (TPSA) is 34.1 Å². The highest BCUT2D eigenvalue weighted by molar-refractivity contribution is 6.32. The Morgan fingerprint density at radius 2 is 2.05 bits per heavy atom. The summed E-state index contributed by atoms with van der Waals surface area (Å²) in [4.78, 5) is 0. The predicted molar refractivity (Wildman–Crippen MR) is 79.7 cm³/mol. The number of hydrogen-bond donors (Lipinski definition) is 0. The molecule has 5 heteroatoms. The summed E-state index contributed by atoms with van der Waals surface area (Å²) in [5.74, 6) is 1.23. The number of nitrogens with zero attached hydrogens (tertiary/aromatic N) is 2. The van der Waals surface area contributed by atoms with Crippen LogP contribution in [-0.2, 0) is 0 Å². The molecule has 0 unspecified atom stereocenters. The van der Waals surface area contributed by atoms with E-state index in [-0.39, 0.29) is 6.10 Å². The van der Waals surface area contributed by atoms with Gasteiger partial charge in [0, 0.05) is 14.1 Å². The molecule has 0 aliphatic rings. The van der Waals surface area contributed by atoms with Crippen LogP contribution in [0.15, 0.2) is 17.2 Å². The van der Waals surface area contributed by atoms with Gasteiger partial charge in [-0.3, -0.25) is 0 Å². The second-order valence-electron chi connectivity index (χ2n) is 4.52. The van der Waals surface area contributed by atoms with Gasteiger partial charge >= 0.3 is 0 Å². The minimum atomic E-state index is 0.0398. The van der Waals surface area contributed by atoms with E-state index in [0.29, 0.717) is 23.1 Å². The van der Waals surface area contributed by atoms with Crippen molar-refractivity contribution in [3.8, 4) is 11.5 Å². The summed E-state index contributed by atoms with van der Waals surface area (Å²) in [6.07, 6.45) is 1.77. The van der Waals surface area contributed by atoms with Crippen LogP contribution in [0.1, 0.15) is 26.3 Å². The molecule has 0 atom stereocenters. The van der Waals surface area contributed by atoms with Crippen molar-refractivity contribution in [1.82, 2.24) is 5.01 Å². The molecule has 0 saturated heterocycles. The van der Waals surface area contributed by atoms with Crippen molar-refractivity contribution in [1.29, 1.82) is 0 Å². The van der Waals surface area contributed by atoms with Crippen molar-refractivity contribution in [2.24, 2.45) is 5.10 Å². The molecule has 0 amide bonds. The molecule has 0 aromatic heterocycles. The van der Waals surface area contributed by atoms with Gasteiger partial charge in [-0.05, 0) is 38.5 Å². The number of benzene rings is 1. The lowest BCUT2D eigenvalue weighted by molar-refractivity contribution is 0.224. The fourth-order valence-corrected chi connectivity index (χ4v) is 1.72. The molecule has 1 aromatic carbocycles. The third-order valence-electron chi connectivity index (χ3n) is 2.12. The molecule has 1 rings (SSSR count). The Morgan fingerprint density at radius 3 is 2.58 bits per heavy atom. The van der Waals surface area contributed by atoms with E-state index < -0.39 is 0 Å². The van der Waals surface area contributed by atoms with Crippen molar-refractivity contribution in [2.75, 3.05) is 20.7 Å². The summed E-state index contributed by atoms with van der Waals surface area (Å²) in [6.45, 7) is 6.38. The van der Waals surface area contributed by atoms with Gasteiger partial charge in [-0.25, -0.2) is 0 Å². The van der Waals surface area contributed by atoms with Gasteiger partial charge in [0.1, 0.15) is 0 Å². The average Bonchev–Trinajstić information content (AvgIpc) is 2.31. The summed E-state index contributed by atoms with van der Waals surface area (Å²) in [5, 5.41) is 6.42. The molecule has 0 fully saturated rings. The Bertz CT molecular complexity index is 445. The zero-order chi connectivity index (χ0) is 14.4. The molecule has 4 nitrogen and oxygen atoms in total. The zero-order valence-corrected chi connectivity index (χ0v) is 12.9. The summed E-state index contributed by atoms with van der Waals surface area (Å²) < 4.78 is 11.3. The number of rotatable bonds is 6. The van der Waals surface area contributed by atoms with Gasteiger partial charge < -0.3 is 14.5 Å². The Kier molecular flexibility index (Phi) is 5.96. The van der Waals surface area contributed by atoms with Crippen molar-refractivity contribution in [2.45, 2.75) is 26.9 Å². The minimum absolute atomic E-state index is 0.0398. The maximum absolute atomic E-state index is 6.25. The van der Waals surface area contributed by atoms with Gasteiger partial charge in [0.05, 0.1) is 23.9 Å². The lowest BCUT2D eigenvalue weighted by Crippen LogP contribution is -2.08. The Hall–Kier alpha value is -1.42. The second kappa shape index (κ2) is 7.24. The fraction of sp³-hybridized carbons (Fsp3) is 0.500. The number of ether oxygens (including phenoxy) is 2. The van der Waals surface area contributed by atoms with Crippen LogP contribution in [-0.4, -0.2) is 38.0 Å². The third-order valence-corrected chi connectivity index (χ3v) is 2.40. The van der Waals surface area contributed by atoms with Crippen LogP contribution in [0, 0.1) is 0 Å². The van der Waals surface area contributed by atoms with Crippen LogP contribution in [0.4, 0.5) is 0 Å². The van der Waals surface area contributed by atoms with Gasteiger partial charge in [-0.15, -0.1) is 0 Å². The summed E-state index contributed by atoms with van der Waals surface area (Å²) in [7, 11) is 3.72. The quantitative estimate of drug-likeness (QED) is 0.593. The first-order valence-corrected chi connectivity index (χ1v) is 6.66. The molecule has 0 saturated carbocycles. The molecule has 0 spiro atoms. The largest absolute Gasteiger partial charge is 0.490 e. The molecule has 0 heterocycles. The standard InChI is InChI=1S/C14H21ClN2O2/c1-6-18-13-8-11(9-16-17(4)5)7-12(15)14(13)19-10(2)3/h7-10H,6H2,1-5H3/b16-9+. The first-order chi connectivity index (χ1) is 8.93. The molecule has 19 heavy (non-hydrogen) atoms. The SMILES string of the molecule is CCOc1cc(/C=N/N(C)C)cc(Cl)c1OC(C)C. The monoisotopic (exact) mass is 284 g/mol. The van der Waals surface area contributed by atoms with E-state index in [4.69, 9.17) is 21.1 Å². The lowest BCUT2D eigenvalue weighted by atomic mass is 10.2. The van der Waals surface area contributed by atoms with Gasteiger partial charge in [-0.2, -0.15) is 5.10 Å². The second-order valence-corrected chi connectivity index (χ2v) is 4.93. The van der Waals surface area contributed by atoms with Gasteiger partial charge in [-0.1, -0.05) is 11.6 Å². The molecule has 0 N–H and O–H groups in total. The van der Waals surface area contributed by atoms with Crippen LogP contribution in [0.3, 0.4) is 0 Å². The van der Waals surface area contributed by atoms with E-state index >= 15 is 0 Å². The maximum Gasteiger partial charge on any atom is 0.180 e. The fourth-order valence-electron chi connectivity index (χ4n) is 1.46. The van der Waals surface area contributed by atoms with Crippen LogP contribution < -0.4 is 9.47 Å². The average molecular weight is 285 g/mol. The zero-order valence-electron chi connectivity index (χ0n) is 12.1. The first-order valence-electron chi connectivity index (χ1n) is 6.28. The maximum atomic E-state index is 6.25. The Labute approximate surface area is 120 Å². The highest BCUT2D eigenvalue weighted by Crippen LogP contribution is 2.37. The van der Waals surface area contributed by atoms with Crippen molar-refractivity contribution < 1.29 is 9.47 Å². The predicted octanol–water partition coefficient (Wildman–Crippen LogP) is 3.42. The molecular formula is C14H21ClN2O2. The van der Waals surface area contributed by atoms with Crippen LogP contribution in [0.25, 0.3) is 0 Å². The van der Waals surface area contributed by atoms with E-state index in [1.54, 1.807) is 11.2 Å². The number of hydrogen-bond acceptors (Lipinski definition) is 4. The lowest BCUT2D eigenvalue weighted by Gasteiger charge is -2.16. The van der Waals surface area contributed by atoms with E-state index in [1.807, 2.05) is 47.0 Å². The Balaban J connectivity index is 3.12. The van der Waals surface area contributed by atoms with E-state index in [2.05, 4.69) is 5.10 Å². The summed E-state index contributed by atoms with van der Waals surface area (Å²) in [5.41, 5.74) is 0.873. The summed E-state index contributed by atoms with van der Waals surface area (Å²) >= 11 is 6.25. The smallest absolute Gasteiger partial charge is 0.180 e. The van der Waals surface area contributed by atoms with Crippen molar-refractivity contribution in [3.05, 3.63) is 22.7 Å². The van der Waals surface area contributed by atoms with Crippen LogP contribution in [0.2, 0.25) is 5.02 Å². The van der Waals surface area contributed by atoms with E-state index in [0.717, 1.165) is 5.56 Å². The van der Waals surface area contributed by atoms with Crippen molar-refractivity contribution in [3.63, 3.8) is 0 Å². The Morgan fingerprint density at radius 1 is 1.37 bits per heavy atom. The third kappa shape index (κ3) is 4.99. The van der Waals surface area contributed by atoms with E-state index in [9.17, 15) is 0 Å². The highest BCUT2D eigenvalue weighted by atomic mass is 35.5. The molecule has 0 radical (unpaired) electrons. The van der Waals surface area contributed by atoms with Crippen LogP contribution >= 0.6 is 11.6 Å². The molecule has 0 aliphatic heterocycles. The van der Waals surface area contributed by atoms with Crippen LogP contribution in [0.5, 0.6) is 11.5 Å². The van der Waals surface area contributed by atoms with E-state index in [1.165, 1.54) is 0 Å². The molecule has 0 bridgehead atoms. The molecule has 106 valence electrons. The molecule has 1 aromatic rings. The summed E-state index contributed by atoms with van der Waals surface area (Å²) in [6, 6.07) is 3.69. The minimum Gasteiger partial charge on any atom is -0.490 e. The van der Waals surface area contributed by atoms with Gasteiger partial charge in [0.15, 0.2) is 11.5 Å². The normalized spacial score (nSPS) is 11.1. The molecular weight excluding hydrogens is 264 g/mol.